The van der Waals surface area contributed by atoms with E-state index in [9.17, 15) is 4.79 Å². The molecule has 2 aromatic rings. The Hall–Kier alpha value is -0.820. The second kappa shape index (κ2) is 8.87. The molecule has 0 saturated heterocycles. The maximum Gasteiger partial charge on any atom is 0.230 e. The van der Waals surface area contributed by atoms with Gasteiger partial charge in [0.05, 0.1) is 11.8 Å². The highest BCUT2D eigenvalue weighted by Crippen LogP contribution is 2.25. The van der Waals surface area contributed by atoms with E-state index in [0.29, 0.717) is 12.3 Å². The molecular formula is C17H21BrN2OS2. The summed E-state index contributed by atoms with van der Waals surface area (Å²) >= 11 is 6.76. The average molecular weight is 413 g/mol. The van der Waals surface area contributed by atoms with Crippen LogP contribution in [0.2, 0.25) is 0 Å². The molecule has 3 nitrogen and oxygen atoms in total. The molecule has 0 aliphatic rings. The second-order valence-corrected chi connectivity index (χ2v) is 8.41. The van der Waals surface area contributed by atoms with E-state index in [-0.39, 0.29) is 11.9 Å². The molecule has 1 aromatic heterocycles. The fourth-order valence-electron chi connectivity index (χ4n) is 2.20. The minimum absolute atomic E-state index is 0.0701. The van der Waals surface area contributed by atoms with E-state index in [1.54, 1.807) is 23.1 Å². The summed E-state index contributed by atoms with van der Waals surface area (Å²) in [6.07, 6.45) is 0. The van der Waals surface area contributed by atoms with E-state index in [0.717, 1.165) is 9.37 Å². The van der Waals surface area contributed by atoms with Crippen LogP contribution in [0.25, 0.3) is 0 Å². The van der Waals surface area contributed by atoms with Gasteiger partial charge in [0.1, 0.15) is 0 Å². The van der Waals surface area contributed by atoms with Crippen molar-refractivity contribution in [3.63, 3.8) is 0 Å². The average Bonchev–Trinajstić information content (AvgIpc) is 3.00. The lowest BCUT2D eigenvalue weighted by atomic mass is 10.2. The number of nitrogens with one attached hydrogen (secondary N) is 1. The molecule has 0 radical (unpaired) electrons. The van der Waals surface area contributed by atoms with Crippen LogP contribution in [0.5, 0.6) is 0 Å². The molecule has 1 unspecified atom stereocenters. The molecule has 0 spiro atoms. The number of hydrogen-bond donors (Lipinski definition) is 1. The van der Waals surface area contributed by atoms with Crippen LogP contribution in [0.4, 0.5) is 0 Å². The van der Waals surface area contributed by atoms with E-state index in [1.807, 2.05) is 32.3 Å². The molecule has 6 heteroatoms. The van der Waals surface area contributed by atoms with Crippen molar-refractivity contribution in [2.75, 3.05) is 26.4 Å². The summed E-state index contributed by atoms with van der Waals surface area (Å²) in [7, 11) is 4.08. The Bertz CT molecular complexity index is 644. The van der Waals surface area contributed by atoms with E-state index in [1.165, 1.54) is 10.4 Å². The maximum absolute atomic E-state index is 12.1. The molecule has 1 atom stereocenters. The molecule has 124 valence electrons. The summed E-state index contributed by atoms with van der Waals surface area (Å²) in [4.78, 5) is 16.7. The smallest absolute Gasteiger partial charge is 0.230 e. The number of hydrogen-bond acceptors (Lipinski definition) is 4. The number of benzene rings is 1. The Morgan fingerprint density at radius 3 is 2.78 bits per heavy atom. The molecule has 1 heterocycles. The fraction of sp³-hybridized carbons (Fsp3) is 0.353. The van der Waals surface area contributed by atoms with Crippen molar-refractivity contribution in [3.8, 4) is 0 Å². The lowest BCUT2D eigenvalue weighted by molar-refractivity contribution is -0.118. The lowest BCUT2D eigenvalue weighted by Gasteiger charge is -2.23. The van der Waals surface area contributed by atoms with Gasteiger partial charge in [0.15, 0.2) is 0 Å². The van der Waals surface area contributed by atoms with Crippen LogP contribution in [0.1, 0.15) is 16.5 Å². The largest absolute Gasteiger partial charge is 0.353 e. The van der Waals surface area contributed by atoms with Gasteiger partial charge in [0.2, 0.25) is 5.91 Å². The van der Waals surface area contributed by atoms with Gasteiger partial charge in [-0.05, 0) is 56.2 Å². The predicted octanol–water partition coefficient (Wildman–Crippen LogP) is 4.33. The standard InChI is InChI=1S/C17H21BrN2OS2/c1-12-9-13(18)6-7-15(12)23-11-17(21)19-10-14(20(2)3)16-5-4-8-22-16/h4-9,14H,10-11H2,1-3H3,(H,19,21). The van der Waals surface area contributed by atoms with Gasteiger partial charge in [-0.25, -0.2) is 0 Å². The van der Waals surface area contributed by atoms with E-state index >= 15 is 0 Å². The fourth-order valence-corrected chi connectivity index (χ4v) is 4.44. The monoisotopic (exact) mass is 412 g/mol. The molecule has 1 N–H and O–H groups in total. The van der Waals surface area contributed by atoms with Gasteiger partial charge < -0.3 is 10.2 Å². The number of nitrogens with zero attached hydrogens (tertiary/aromatic N) is 1. The van der Waals surface area contributed by atoms with Crippen LogP contribution in [-0.4, -0.2) is 37.2 Å². The summed E-state index contributed by atoms with van der Waals surface area (Å²) in [5.41, 5.74) is 1.18. The molecule has 1 amide bonds. The van der Waals surface area contributed by atoms with Gasteiger partial charge in [-0.3, -0.25) is 4.79 Å². The van der Waals surface area contributed by atoms with Crippen LogP contribution in [0.15, 0.2) is 45.1 Å². The number of carbonyl (C=O) groups is 1. The molecule has 0 aliphatic heterocycles. The highest BCUT2D eigenvalue weighted by Gasteiger charge is 2.16. The summed E-state index contributed by atoms with van der Waals surface area (Å²) in [6.45, 7) is 2.69. The first kappa shape index (κ1) is 18.5. The Balaban J connectivity index is 1.84. The van der Waals surface area contributed by atoms with Gasteiger partial charge in [-0.15, -0.1) is 23.1 Å². The minimum Gasteiger partial charge on any atom is -0.353 e. The summed E-state index contributed by atoms with van der Waals surface area (Å²) in [6, 6.07) is 10.5. The van der Waals surface area contributed by atoms with Crippen molar-refractivity contribution in [2.24, 2.45) is 0 Å². The van der Waals surface area contributed by atoms with Crippen LogP contribution >= 0.6 is 39.0 Å². The first-order valence-corrected chi connectivity index (χ1v) is 9.98. The number of likely N-dealkylation sites (N-methyl/N-ethyl adjacent to an activating group) is 1. The third-order valence-corrected chi connectivity index (χ3v) is 6.13. The number of carbonyl (C=O) groups excluding carboxylic acids is 1. The highest BCUT2D eigenvalue weighted by molar-refractivity contribution is 9.10. The lowest BCUT2D eigenvalue weighted by Crippen LogP contribution is -2.35. The summed E-state index contributed by atoms with van der Waals surface area (Å²) in [5.74, 6) is 0.508. The minimum atomic E-state index is 0.0701. The first-order chi connectivity index (χ1) is 11.0. The van der Waals surface area contributed by atoms with Crippen molar-refractivity contribution in [3.05, 3.63) is 50.6 Å². The third-order valence-electron chi connectivity index (χ3n) is 3.48. The van der Waals surface area contributed by atoms with E-state index in [2.05, 4.69) is 50.6 Å². The SMILES string of the molecule is Cc1cc(Br)ccc1SCC(=O)NCC(c1cccs1)N(C)C. The Morgan fingerprint density at radius 1 is 1.39 bits per heavy atom. The number of thiophene rings is 1. The Kier molecular flexibility index (Phi) is 7.14. The van der Waals surface area contributed by atoms with Crippen molar-refractivity contribution >= 4 is 44.9 Å². The number of thioether (sulfide) groups is 1. The van der Waals surface area contributed by atoms with Crippen LogP contribution < -0.4 is 5.32 Å². The van der Waals surface area contributed by atoms with Crippen molar-refractivity contribution in [1.82, 2.24) is 10.2 Å². The molecule has 0 saturated carbocycles. The summed E-state index contributed by atoms with van der Waals surface area (Å²) < 4.78 is 1.06. The van der Waals surface area contributed by atoms with Gasteiger partial charge >= 0.3 is 0 Å². The zero-order valence-corrected chi connectivity index (χ0v) is 16.7. The van der Waals surface area contributed by atoms with E-state index < -0.39 is 0 Å². The molecule has 1 aromatic carbocycles. The molecule has 0 bridgehead atoms. The van der Waals surface area contributed by atoms with Crippen molar-refractivity contribution < 1.29 is 4.79 Å². The van der Waals surface area contributed by atoms with E-state index in [4.69, 9.17) is 0 Å². The Morgan fingerprint density at radius 2 is 2.17 bits per heavy atom. The van der Waals surface area contributed by atoms with Crippen molar-refractivity contribution in [1.29, 1.82) is 0 Å². The second-order valence-electron chi connectivity index (χ2n) is 5.50. The number of amides is 1. The number of aryl methyl sites for hydroxylation is 1. The molecule has 2 rings (SSSR count). The number of rotatable bonds is 7. The first-order valence-electron chi connectivity index (χ1n) is 7.33. The predicted molar refractivity (Wildman–Crippen MR) is 103 cm³/mol. The van der Waals surface area contributed by atoms with Gasteiger partial charge in [0, 0.05) is 20.8 Å². The summed E-state index contributed by atoms with van der Waals surface area (Å²) in [5, 5.41) is 5.12. The van der Waals surface area contributed by atoms with Crippen LogP contribution in [0.3, 0.4) is 0 Å². The normalized spacial score (nSPS) is 12.4. The Labute approximate surface area is 154 Å². The highest BCUT2D eigenvalue weighted by atomic mass is 79.9. The maximum atomic E-state index is 12.1. The molecular weight excluding hydrogens is 392 g/mol. The quantitative estimate of drug-likeness (QED) is 0.686. The zero-order valence-electron chi connectivity index (χ0n) is 13.5. The van der Waals surface area contributed by atoms with Gasteiger partial charge in [-0.1, -0.05) is 22.0 Å². The van der Waals surface area contributed by atoms with Crippen molar-refractivity contribution in [2.45, 2.75) is 17.9 Å². The molecule has 0 aliphatic carbocycles. The molecule has 23 heavy (non-hydrogen) atoms. The zero-order chi connectivity index (χ0) is 16.8. The van der Waals surface area contributed by atoms with Crippen LogP contribution in [0, 0.1) is 6.92 Å². The van der Waals surface area contributed by atoms with Gasteiger partial charge in [0.25, 0.3) is 0 Å². The number of halogens is 1. The van der Waals surface area contributed by atoms with Gasteiger partial charge in [-0.2, -0.15) is 0 Å². The third kappa shape index (κ3) is 5.64. The van der Waals surface area contributed by atoms with Crippen LogP contribution in [-0.2, 0) is 4.79 Å². The topological polar surface area (TPSA) is 32.3 Å². The molecule has 0 fully saturated rings.